The Balaban J connectivity index is 1.24. The SMILES string of the molecule is CCOC(=O)CCCc1nc2ccccc2n([C@H]2C[C@H]3CC[C@@H](C2)N3C2CC3CCCC(C3)C2)c1=O. The van der Waals surface area contributed by atoms with Gasteiger partial charge in [-0.3, -0.25) is 14.5 Å². The second-order valence-electron chi connectivity index (χ2n) is 11.9. The number of carbonyl (C=O) groups excluding carboxylic acids is 1. The molecule has 2 unspecified atom stereocenters. The van der Waals surface area contributed by atoms with Crippen molar-refractivity contribution in [3.63, 3.8) is 0 Å². The highest BCUT2D eigenvalue weighted by Crippen LogP contribution is 2.48. The first-order valence-corrected chi connectivity index (χ1v) is 14.5. The molecule has 194 valence electrons. The molecule has 2 aliphatic carbocycles. The van der Waals surface area contributed by atoms with E-state index in [0.717, 1.165) is 41.8 Å². The Kier molecular flexibility index (Phi) is 6.89. The van der Waals surface area contributed by atoms with Crippen LogP contribution in [0, 0.1) is 11.8 Å². The van der Waals surface area contributed by atoms with Crippen LogP contribution in [0.15, 0.2) is 29.1 Å². The molecule has 4 fully saturated rings. The van der Waals surface area contributed by atoms with Gasteiger partial charge < -0.3 is 9.30 Å². The first-order chi connectivity index (χ1) is 17.6. The predicted octanol–water partition coefficient (Wildman–Crippen LogP) is 5.42. The third-order valence-corrected chi connectivity index (χ3v) is 9.62. The van der Waals surface area contributed by atoms with Crippen molar-refractivity contribution in [2.24, 2.45) is 11.8 Å². The average molecular weight is 492 g/mol. The van der Waals surface area contributed by atoms with Crippen LogP contribution >= 0.6 is 0 Å². The van der Waals surface area contributed by atoms with Gasteiger partial charge in [-0.05, 0) is 88.7 Å². The number of hydrogen-bond acceptors (Lipinski definition) is 5. The first kappa shape index (κ1) is 24.1. The number of esters is 1. The van der Waals surface area contributed by atoms with Crippen molar-refractivity contribution in [3.8, 4) is 0 Å². The van der Waals surface area contributed by atoms with Crippen molar-refractivity contribution in [3.05, 3.63) is 40.3 Å². The minimum atomic E-state index is -0.200. The summed E-state index contributed by atoms with van der Waals surface area (Å²) in [6, 6.07) is 10.3. The lowest BCUT2D eigenvalue weighted by molar-refractivity contribution is -0.143. The Bertz CT molecular complexity index is 1130. The van der Waals surface area contributed by atoms with Gasteiger partial charge in [-0.25, -0.2) is 4.98 Å². The van der Waals surface area contributed by atoms with Crippen LogP contribution < -0.4 is 5.56 Å². The molecule has 6 rings (SSSR count). The van der Waals surface area contributed by atoms with Crippen molar-refractivity contribution in [2.75, 3.05) is 6.61 Å². The number of hydrogen-bond donors (Lipinski definition) is 0. The summed E-state index contributed by atoms with van der Waals surface area (Å²) in [5.41, 5.74) is 2.48. The number of aromatic nitrogens is 2. The quantitative estimate of drug-likeness (QED) is 0.484. The second kappa shape index (κ2) is 10.3. The maximum Gasteiger partial charge on any atom is 0.305 e. The summed E-state index contributed by atoms with van der Waals surface area (Å²) in [6.07, 6.45) is 14.7. The highest BCUT2D eigenvalue weighted by atomic mass is 16.5. The molecule has 3 heterocycles. The number of fused-ring (bicyclic) bond motifs is 5. The smallest absolute Gasteiger partial charge is 0.305 e. The molecule has 2 aliphatic heterocycles. The lowest BCUT2D eigenvalue weighted by atomic mass is 9.69. The molecular formula is C30H41N3O3. The van der Waals surface area contributed by atoms with Crippen molar-refractivity contribution >= 4 is 17.0 Å². The van der Waals surface area contributed by atoms with Crippen molar-refractivity contribution in [2.45, 2.75) is 115 Å². The summed E-state index contributed by atoms with van der Waals surface area (Å²) in [6.45, 7) is 2.21. The van der Waals surface area contributed by atoms with Gasteiger partial charge in [0.05, 0.1) is 17.6 Å². The second-order valence-corrected chi connectivity index (χ2v) is 11.9. The van der Waals surface area contributed by atoms with Crippen LogP contribution in [-0.4, -0.2) is 45.2 Å². The van der Waals surface area contributed by atoms with E-state index < -0.39 is 0 Å². The topological polar surface area (TPSA) is 64.4 Å². The number of rotatable bonds is 7. The van der Waals surface area contributed by atoms with Gasteiger partial charge in [0.15, 0.2) is 0 Å². The number of ether oxygens (including phenoxy) is 1. The molecule has 36 heavy (non-hydrogen) atoms. The fourth-order valence-electron chi connectivity index (χ4n) is 8.29. The van der Waals surface area contributed by atoms with E-state index >= 15 is 0 Å². The molecule has 2 saturated carbocycles. The first-order valence-electron chi connectivity index (χ1n) is 14.5. The fraction of sp³-hybridized carbons (Fsp3) is 0.700. The molecule has 6 heteroatoms. The highest BCUT2D eigenvalue weighted by Gasteiger charge is 2.47. The highest BCUT2D eigenvalue weighted by molar-refractivity contribution is 5.75. The Labute approximate surface area is 214 Å². The van der Waals surface area contributed by atoms with Crippen LogP contribution in [0.3, 0.4) is 0 Å². The molecular weight excluding hydrogens is 450 g/mol. The minimum absolute atomic E-state index is 0.0441. The Morgan fingerprint density at radius 1 is 0.944 bits per heavy atom. The molecule has 1 aromatic carbocycles. The standard InChI is InChI=1S/C30H41N3O3/c1-2-36-29(34)12-6-10-27-30(35)33(28-11-4-3-9-26(28)31-27)25-18-22-13-14-23(19-25)32(22)24-16-20-7-5-8-21(15-20)17-24/h3-4,9,11,20-25H,2,5-8,10,12-19H2,1H3/t20?,21?,22-,23+,24?,25+. The summed E-state index contributed by atoms with van der Waals surface area (Å²) in [4.78, 5) is 33.3. The predicted molar refractivity (Wildman–Crippen MR) is 141 cm³/mol. The lowest BCUT2D eigenvalue weighted by Gasteiger charge is -2.49. The van der Waals surface area contributed by atoms with Gasteiger partial charge in [-0.15, -0.1) is 0 Å². The van der Waals surface area contributed by atoms with Gasteiger partial charge in [-0.1, -0.05) is 31.4 Å². The van der Waals surface area contributed by atoms with Crippen molar-refractivity contribution in [1.29, 1.82) is 0 Å². The Hall–Kier alpha value is -2.21. The number of aryl methyl sites for hydroxylation is 1. The van der Waals surface area contributed by atoms with Crippen LogP contribution in [0.4, 0.5) is 0 Å². The van der Waals surface area contributed by atoms with E-state index in [2.05, 4.69) is 15.5 Å². The van der Waals surface area contributed by atoms with Crippen LogP contribution in [-0.2, 0) is 16.0 Å². The zero-order valence-corrected chi connectivity index (χ0v) is 21.7. The van der Waals surface area contributed by atoms with Gasteiger partial charge in [0, 0.05) is 30.6 Å². The van der Waals surface area contributed by atoms with E-state index in [9.17, 15) is 9.59 Å². The van der Waals surface area contributed by atoms with Crippen molar-refractivity contribution < 1.29 is 9.53 Å². The zero-order chi connectivity index (χ0) is 24.6. The van der Waals surface area contributed by atoms with Crippen molar-refractivity contribution in [1.82, 2.24) is 14.5 Å². The van der Waals surface area contributed by atoms with Crippen LogP contribution in [0.5, 0.6) is 0 Å². The molecule has 1 aromatic heterocycles. The van der Waals surface area contributed by atoms with E-state index in [-0.39, 0.29) is 17.6 Å². The van der Waals surface area contributed by atoms with Gasteiger partial charge in [0.1, 0.15) is 5.69 Å². The summed E-state index contributed by atoms with van der Waals surface area (Å²) < 4.78 is 7.15. The summed E-state index contributed by atoms with van der Waals surface area (Å²) >= 11 is 0. The largest absolute Gasteiger partial charge is 0.466 e. The monoisotopic (exact) mass is 491 g/mol. The lowest BCUT2D eigenvalue weighted by Crippen LogP contribution is -2.52. The molecule has 4 bridgehead atoms. The minimum Gasteiger partial charge on any atom is -0.466 e. The molecule has 2 saturated heterocycles. The fourth-order valence-corrected chi connectivity index (χ4v) is 8.29. The molecule has 0 radical (unpaired) electrons. The van der Waals surface area contributed by atoms with E-state index in [4.69, 9.17) is 9.72 Å². The van der Waals surface area contributed by atoms with E-state index in [0.29, 0.717) is 43.6 Å². The summed E-state index contributed by atoms with van der Waals surface area (Å²) in [5, 5.41) is 0. The third-order valence-electron chi connectivity index (χ3n) is 9.62. The zero-order valence-electron chi connectivity index (χ0n) is 21.7. The maximum atomic E-state index is 13.8. The van der Waals surface area contributed by atoms with Gasteiger partial charge in [0.25, 0.3) is 5.56 Å². The van der Waals surface area contributed by atoms with Crippen LogP contribution in [0.25, 0.3) is 11.0 Å². The molecule has 6 nitrogen and oxygen atoms in total. The van der Waals surface area contributed by atoms with E-state index in [1.165, 1.54) is 51.4 Å². The number of nitrogens with zero attached hydrogens (tertiary/aromatic N) is 3. The summed E-state index contributed by atoms with van der Waals surface area (Å²) in [7, 11) is 0. The number of piperidine rings is 1. The van der Waals surface area contributed by atoms with Gasteiger partial charge in [0.2, 0.25) is 0 Å². The molecule has 4 aliphatic rings. The number of para-hydroxylation sites is 2. The van der Waals surface area contributed by atoms with Crippen LogP contribution in [0.2, 0.25) is 0 Å². The molecule has 0 amide bonds. The van der Waals surface area contributed by atoms with Gasteiger partial charge in [-0.2, -0.15) is 0 Å². The molecule has 0 N–H and O–H groups in total. The Morgan fingerprint density at radius 3 is 2.39 bits per heavy atom. The third kappa shape index (κ3) is 4.62. The number of benzene rings is 1. The number of carbonyl (C=O) groups is 1. The summed E-state index contributed by atoms with van der Waals surface area (Å²) in [5.74, 6) is 1.70. The van der Waals surface area contributed by atoms with E-state index in [1.807, 2.05) is 25.1 Å². The van der Waals surface area contributed by atoms with Gasteiger partial charge >= 0.3 is 5.97 Å². The van der Waals surface area contributed by atoms with E-state index in [1.54, 1.807) is 0 Å². The Morgan fingerprint density at radius 2 is 1.67 bits per heavy atom. The van der Waals surface area contributed by atoms with Crippen LogP contribution in [0.1, 0.15) is 95.7 Å². The molecule has 5 atom stereocenters. The normalized spacial score (nSPS) is 32.0. The average Bonchev–Trinajstić information content (AvgIpc) is 3.14. The molecule has 2 aromatic rings. The maximum absolute atomic E-state index is 13.8. The molecule has 0 spiro atoms.